The van der Waals surface area contributed by atoms with Crippen molar-refractivity contribution >= 4 is 11.7 Å². The first-order valence-electron chi connectivity index (χ1n) is 7.15. The van der Waals surface area contributed by atoms with Crippen molar-refractivity contribution < 1.29 is 14.7 Å². The summed E-state index contributed by atoms with van der Waals surface area (Å²) in [6.45, 7) is 1.15. The van der Waals surface area contributed by atoms with Crippen LogP contribution in [0.5, 0.6) is 0 Å². The zero-order valence-electron chi connectivity index (χ0n) is 11.8. The van der Waals surface area contributed by atoms with E-state index in [9.17, 15) is 4.79 Å². The van der Waals surface area contributed by atoms with Crippen LogP contribution in [-0.4, -0.2) is 22.5 Å². The number of benzene rings is 1. The Morgan fingerprint density at radius 1 is 1.29 bits per heavy atom. The number of carbonyl (C=O) groups is 1. The second-order valence-corrected chi connectivity index (χ2v) is 5.70. The molecule has 0 saturated heterocycles. The highest BCUT2D eigenvalue weighted by molar-refractivity contribution is 6.00. The minimum atomic E-state index is -0.721. The highest BCUT2D eigenvalue weighted by atomic mass is 16.5. The van der Waals surface area contributed by atoms with E-state index in [-0.39, 0.29) is 11.7 Å². The van der Waals surface area contributed by atoms with Gasteiger partial charge in [-0.05, 0) is 36.1 Å². The lowest BCUT2D eigenvalue weighted by atomic mass is 9.95. The zero-order chi connectivity index (χ0) is 14.9. The number of nitrogens with two attached hydrogens (primary N) is 1. The molecule has 1 heterocycles. The maximum Gasteiger partial charge on any atom is 0.252 e. The minimum absolute atomic E-state index is 0.0813. The number of amidine groups is 1. The summed E-state index contributed by atoms with van der Waals surface area (Å²) in [7, 11) is 0. The first kappa shape index (κ1) is 13.9. The van der Waals surface area contributed by atoms with E-state index in [1.165, 1.54) is 0 Å². The lowest BCUT2D eigenvalue weighted by Gasteiger charge is -2.28. The second kappa shape index (κ2) is 5.37. The molecule has 0 atom stereocenters. The van der Waals surface area contributed by atoms with Gasteiger partial charge in [0.05, 0.1) is 13.2 Å². The molecule has 0 radical (unpaired) electrons. The molecule has 4 N–H and O–H groups in total. The Morgan fingerprint density at radius 2 is 2.00 bits per heavy atom. The van der Waals surface area contributed by atoms with Crippen LogP contribution in [0.3, 0.4) is 0 Å². The molecule has 6 heteroatoms. The molecule has 0 bridgehead atoms. The van der Waals surface area contributed by atoms with Gasteiger partial charge in [-0.25, -0.2) is 0 Å². The van der Waals surface area contributed by atoms with Crippen molar-refractivity contribution in [3.8, 4) is 0 Å². The van der Waals surface area contributed by atoms with Gasteiger partial charge in [0.15, 0.2) is 5.84 Å². The Labute approximate surface area is 123 Å². The number of carbonyl (C=O) groups excluding carboxylic acids is 1. The standard InChI is InChI=1S/C15H19N3O3/c16-14(18-20)15(5-1-2-6-15)17-13(19)10-3-4-11-8-21-9-12(11)7-10/h3-4,7,20H,1-2,5-6,8-9H2,(H2,16,18)(H,17,19). The third-order valence-electron chi connectivity index (χ3n) is 4.39. The number of ether oxygens (including phenoxy) is 1. The van der Waals surface area contributed by atoms with Gasteiger partial charge < -0.3 is 21.0 Å². The van der Waals surface area contributed by atoms with Gasteiger partial charge in [0.25, 0.3) is 5.91 Å². The molecule has 6 nitrogen and oxygen atoms in total. The monoisotopic (exact) mass is 289 g/mol. The van der Waals surface area contributed by atoms with E-state index < -0.39 is 5.54 Å². The molecule has 1 aliphatic heterocycles. The van der Waals surface area contributed by atoms with Gasteiger partial charge >= 0.3 is 0 Å². The van der Waals surface area contributed by atoms with Gasteiger partial charge in [0.2, 0.25) is 0 Å². The van der Waals surface area contributed by atoms with Gasteiger partial charge in [-0.2, -0.15) is 0 Å². The van der Waals surface area contributed by atoms with Crippen LogP contribution in [0.15, 0.2) is 23.4 Å². The average molecular weight is 289 g/mol. The van der Waals surface area contributed by atoms with Crippen LogP contribution >= 0.6 is 0 Å². The van der Waals surface area contributed by atoms with E-state index in [1.54, 1.807) is 6.07 Å². The number of nitrogens with zero attached hydrogens (tertiary/aromatic N) is 1. The second-order valence-electron chi connectivity index (χ2n) is 5.70. The summed E-state index contributed by atoms with van der Waals surface area (Å²) in [6, 6.07) is 5.56. The summed E-state index contributed by atoms with van der Waals surface area (Å²) in [5.74, 6) is -0.115. The summed E-state index contributed by atoms with van der Waals surface area (Å²) in [5, 5.41) is 15.0. The molecule has 0 spiro atoms. The Morgan fingerprint density at radius 3 is 2.71 bits per heavy atom. The van der Waals surface area contributed by atoms with Crippen LogP contribution in [0.25, 0.3) is 0 Å². The number of amides is 1. The molecular weight excluding hydrogens is 270 g/mol. The van der Waals surface area contributed by atoms with E-state index in [0.29, 0.717) is 31.6 Å². The molecule has 1 amide bonds. The largest absolute Gasteiger partial charge is 0.409 e. The Balaban J connectivity index is 1.82. The number of rotatable bonds is 3. The fourth-order valence-corrected chi connectivity index (χ4v) is 3.12. The van der Waals surface area contributed by atoms with Crippen molar-refractivity contribution in [3.63, 3.8) is 0 Å². The Hall–Kier alpha value is -2.08. The smallest absolute Gasteiger partial charge is 0.252 e. The third kappa shape index (κ3) is 2.47. The van der Waals surface area contributed by atoms with E-state index in [2.05, 4.69) is 10.5 Å². The molecule has 1 aliphatic carbocycles. The highest BCUT2D eigenvalue weighted by Crippen LogP contribution is 2.30. The van der Waals surface area contributed by atoms with E-state index in [1.807, 2.05) is 12.1 Å². The molecule has 1 aromatic carbocycles. The molecular formula is C15H19N3O3. The Bertz CT molecular complexity index is 592. The van der Waals surface area contributed by atoms with Crippen molar-refractivity contribution in [3.05, 3.63) is 34.9 Å². The number of fused-ring (bicyclic) bond motifs is 1. The fraction of sp³-hybridized carbons (Fsp3) is 0.467. The summed E-state index contributed by atoms with van der Waals surface area (Å²) in [4.78, 5) is 12.5. The van der Waals surface area contributed by atoms with E-state index in [4.69, 9.17) is 15.7 Å². The lowest BCUT2D eigenvalue weighted by Crippen LogP contribution is -2.55. The van der Waals surface area contributed by atoms with Crippen LogP contribution in [0, 0.1) is 0 Å². The summed E-state index contributed by atoms with van der Waals surface area (Å²) in [5.41, 5.74) is 7.83. The van der Waals surface area contributed by atoms with Gasteiger partial charge in [0.1, 0.15) is 5.54 Å². The van der Waals surface area contributed by atoms with Gasteiger partial charge in [-0.1, -0.05) is 24.1 Å². The van der Waals surface area contributed by atoms with Gasteiger partial charge in [-0.3, -0.25) is 4.79 Å². The van der Waals surface area contributed by atoms with Crippen LogP contribution in [0.4, 0.5) is 0 Å². The molecule has 1 saturated carbocycles. The van der Waals surface area contributed by atoms with E-state index in [0.717, 1.165) is 24.0 Å². The Kier molecular flexibility index (Phi) is 3.55. The number of hydrogen-bond donors (Lipinski definition) is 3. The molecule has 21 heavy (non-hydrogen) atoms. The van der Waals surface area contributed by atoms with Gasteiger partial charge in [-0.15, -0.1) is 0 Å². The van der Waals surface area contributed by atoms with Crippen LogP contribution in [0.2, 0.25) is 0 Å². The molecule has 3 rings (SSSR count). The van der Waals surface area contributed by atoms with E-state index >= 15 is 0 Å². The van der Waals surface area contributed by atoms with Crippen molar-refractivity contribution in [2.45, 2.75) is 44.4 Å². The van der Waals surface area contributed by atoms with Gasteiger partial charge in [0, 0.05) is 5.56 Å². The quantitative estimate of drug-likeness (QED) is 0.340. The van der Waals surface area contributed by atoms with Crippen LogP contribution < -0.4 is 11.1 Å². The fourth-order valence-electron chi connectivity index (χ4n) is 3.12. The maximum atomic E-state index is 12.5. The molecule has 112 valence electrons. The predicted molar refractivity (Wildman–Crippen MR) is 77.0 cm³/mol. The van der Waals surface area contributed by atoms with Crippen molar-refractivity contribution in [2.75, 3.05) is 0 Å². The first-order valence-corrected chi connectivity index (χ1v) is 7.15. The molecule has 1 fully saturated rings. The SMILES string of the molecule is NC(=NO)C1(NC(=O)c2ccc3c(c2)COC3)CCCC1. The maximum absolute atomic E-state index is 12.5. The normalized spacial score (nSPS) is 20.3. The lowest BCUT2D eigenvalue weighted by molar-refractivity contribution is 0.0922. The highest BCUT2D eigenvalue weighted by Gasteiger charge is 2.40. The third-order valence-corrected chi connectivity index (χ3v) is 4.39. The first-order chi connectivity index (χ1) is 10.1. The summed E-state index contributed by atoms with van der Waals surface area (Å²) < 4.78 is 5.35. The number of nitrogens with one attached hydrogen (secondary N) is 1. The van der Waals surface area contributed by atoms with Crippen molar-refractivity contribution in [2.24, 2.45) is 10.9 Å². The number of oxime groups is 1. The van der Waals surface area contributed by atoms with Crippen molar-refractivity contribution in [1.29, 1.82) is 0 Å². The van der Waals surface area contributed by atoms with Crippen LogP contribution in [0.1, 0.15) is 47.2 Å². The topological polar surface area (TPSA) is 96.9 Å². The summed E-state index contributed by atoms with van der Waals surface area (Å²) in [6.07, 6.45) is 3.30. The predicted octanol–water partition coefficient (Wildman–Crippen LogP) is 1.51. The molecule has 0 aromatic heterocycles. The van der Waals surface area contributed by atoms with Crippen molar-refractivity contribution in [1.82, 2.24) is 5.32 Å². The molecule has 1 aromatic rings. The molecule has 0 unspecified atom stereocenters. The molecule has 2 aliphatic rings. The zero-order valence-corrected chi connectivity index (χ0v) is 11.8. The average Bonchev–Trinajstić information content (AvgIpc) is 3.14. The summed E-state index contributed by atoms with van der Waals surface area (Å²) >= 11 is 0. The minimum Gasteiger partial charge on any atom is -0.409 e. The van der Waals surface area contributed by atoms with Crippen LogP contribution in [-0.2, 0) is 18.0 Å². The number of hydrogen-bond acceptors (Lipinski definition) is 4.